The maximum atomic E-state index is 5.75. The first kappa shape index (κ1) is 12.0. The highest BCUT2D eigenvalue weighted by Gasteiger charge is 2.15. The molecule has 19 heavy (non-hydrogen) atoms. The topological polar surface area (TPSA) is 51.4 Å². The number of nitrogen functional groups attached to an aromatic ring is 1. The predicted octanol–water partition coefficient (Wildman–Crippen LogP) is 2.06. The van der Waals surface area contributed by atoms with E-state index in [0.29, 0.717) is 12.4 Å². The highest BCUT2D eigenvalue weighted by molar-refractivity contribution is 5.34. The van der Waals surface area contributed by atoms with Gasteiger partial charge < -0.3 is 10.5 Å². The van der Waals surface area contributed by atoms with Crippen molar-refractivity contribution in [1.29, 1.82) is 0 Å². The standard InChI is InChI=1S/C15H17N3O/c16-15-7-3-5-13(17-15)11-18-8-9-19-14-6-2-1-4-12(14)10-18/h1-7H,8-11H2,(H2,16,17). The molecule has 4 heteroatoms. The van der Waals surface area contributed by atoms with Crippen LogP contribution < -0.4 is 10.5 Å². The molecule has 0 saturated heterocycles. The van der Waals surface area contributed by atoms with Crippen LogP contribution in [0, 0.1) is 0 Å². The Hall–Kier alpha value is -2.07. The normalized spacial score (nSPS) is 15.4. The van der Waals surface area contributed by atoms with Crippen molar-refractivity contribution >= 4 is 5.82 Å². The van der Waals surface area contributed by atoms with E-state index in [0.717, 1.165) is 31.1 Å². The van der Waals surface area contributed by atoms with Crippen LogP contribution in [-0.2, 0) is 13.1 Å². The number of hydrogen-bond donors (Lipinski definition) is 1. The third-order valence-corrected chi connectivity index (χ3v) is 3.25. The summed E-state index contributed by atoms with van der Waals surface area (Å²) in [7, 11) is 0. The Bertz CT molecular complexity index is 571. The van der Waals surface area contributed by atoms with Gasteiger partial charge in [0.05, 0.1) is 5.69 Å². The fourth-order valence-electron chi connectivity index (χ4n) is 2.33. The highest BCUT2D eigenvalue weighted by Crippen LogP contribution is 2.23. The van der Waals surface area contributed by atoms with Crippen molar-refractivity contribution in [2.75, 3.05) is 18.9 Å². The monoisotopic (exact) mass is 255 g/mol. The van der Waals surface area contributed by atoms with Crippen molar-refractivity contribution in [2.24, 2.45) is 0 Å². The third-order valence-electron chi connectivity index (χ3n) is 3.25. The van der Waals surface area contributed by atoms with Crippen LogP contribution in [0.3, 0.4) is 0 Å². The average Bonchev–Trinajstić information content (AvgIpc) is 2.60. The Morgan fingerprint density at radius 2 is 2.05 bits per heavy atom. The molecule has 0 aliphatic carbocycles. The average molecular weight is 255 g/mol. The van der Waals surface area contributed by atoms with Gasteiger partial charge in [-0.05, 0) is 18.2 Å². The second-order valence-corrected chi connectivity index (χ2v) is 4.72. The van der Waals surface area contributed by atoms with Crippen molar-refractivity contribution in [3.05, 3.63) is 53.7 Å². The summed E-state index contributed by atoms with van der Waals surface area (Å²) in [6, 6.07) is 14.0. The molecule has 1 aliphatic heterocycles. The molecule has 3 rings (SSSR count). The Morgan fingerprint density at radius 3 is 2.95 bits per heavy atom. The van der Waals surface area contributed by atoms with Crippen molar-refractivity contribution in [2.45, 2.75) is 13.1 Å². The number of aromatic nitrogens is 1. The summed E-state index contributed by atoms with van der Waals surface area (Å²) in [5, 5.41) is 0. The van der Waals surface area contributed by atoms with Crippen molar-refractivity contribution in [3.8, 4) is 5.75 Å². The van der Waals surface area contributed by atoms with E-state index in [9.17, 15) is 0 Å². The smallest absolute Gasteiger partial charge is 0.123 e. The Balaban J connectivity index is 1.76. The second kappa shape index (κ2) is 5.28. The lowest BCUT2D eigenvalue weighted by atomic mass is 10.2. The van der Waals surface area contributed by atoms with E-state index in [1.807, 2.05) is 36.4 Å². The van der Waals surface area contributed by atoms with Gasteiger partial charge in [0.15, 0.2) is 0 Å². The Kier molecular flexibility index (Phi) is 3.33. The largest absolute Gasteiger partial charge is 0.492 e. The zero-order chi connectivity index (χ0) is 13.1. The quantitative estimate of drug-likeness (QED) is 0.892. The fourth-order valence-corrected chi connectivity index (χ4v) is 2.33. The van der Waals surface area contributed by atoms with Crippen LogP contribution in [0.15, 0.2) is 42.5 Å². The van der Waals surface area contributed by atoms with Gasteiger partial charge >= 0.3 is 0 Å². The minimum absolute atomic E-state index is 0.573. The number of rotatable bonds is 2. The van der Waals surface area contributed by atoms with E-state index in [1.54, 1.807) is 0 Å². The summed E-state index contributed by atoms with van der Waals surface area (Å²) in [5.74, 6) is 1.56. The summed E-state index contributed by atoms with van der Waals surface area (Å²) in [5.41, 5.74) is 7.94. The number of fused-ring (bicyclic) bond motifs is 1. The number of para-hydroxylation sites is 1. The molecule has 0 fully saturated rings. The lowest BCUT2D eigenvalue weighted by Gasteiger charge is -2.18. The van der Waals surface area contributed by atoms with Crippen LogP contribution in [0.5, 0.6) is 5.75 Å². The number of hydrogen-bond acceptors (Lipinski definition) is 4. The van der Waals surface area contributed by atoms with Crippen LogP contribution in [0.4, 0.5) is 5.82 Å². The Morgan fingerprint density at radius 1 is 1.16 bits per heavy atom. The summed E-state index contributed by atoms with van der Waals surface area (Å²) in [6.07, 6.45) is 0. The molecule has 0 bridgehead atoms. The first-order chi connectivity index (χ1) is 9.31. The van der Waals surface area contributed by atoms with Crippen LogP contribution in [-0.4, -0.2) is 23.0 Å². The van der Waals surface area contributed by atoms with Gasteiger partial charge in [-0.3, -0.25) is 4.90 Å². The van der Waals surface area contributed by atoms with Gasteiger partial charge in [-0.1, -0.05) is 24.3 Å². The molecule has 0 amide bonds. The predicted molar refractivity (Wildman–Crippen MR) is 74.7 cm³/mol. The number of benzene rings is 1. The van der Waals surface area contributed by atoms with Crippen LogP contribution >= 0.6 is 0 Å². The van der Waals surface area contributed by atoms with Crippen molar-refractivity contribution in [3.63, 3.8) is 0 Å². The molecule has 0 spiro atoms. The molecule has 0 saturated carbocycles. The second-order valence-electron chi connectivity index (χ2n) is 4.72. The molecule has 2 heterocycles. The molecule has 1 aliphatic rings. The minimum Gasteiger partial charge on any atom is -0.492 e. The lowest BCUT2D eigenvalue weighted by molar-refractivity contribution is 0.218. The molecule has 1 aromatic heterocycles. The van der Waals surface area contributed by atoms with Gasteiger partial charge in [0.1, 0.15) is 18.2 Å². The van der Waals surface area contributed by atoms with E-state index in [1.165, 1.54) is 5.56 Å². The maximum Gasteiger partial charge on any atom is 0.123 e. The molecule has 1 aromatic carbocycles. The molecule has 2 N–H and O–H groups in total. The molecule has 98 valence electrons. The van der Waals surface area contributed by atoms with E-state index in [-0.39, 0.29) is 0 Å². The van der Waals surface area contributed by atoms with Gasteiger partial charge in [0.25, 0.3) is 0 Å². The Labute approximate surface area is 112 Å². The third kappa shape index (κ3) is 2.85. The first-order valence-electron chi connectivity index (χ1n) is 6.46. The molecule has 4 nitrogen and oxygen atoms in total. The summed E-state index contributed by atoms with van der Waals surface area (Å²) in [4.78, 5) is 6.68. The summed E-state index contributed by atoms with van der Waals surface area (Å²) >= 11 is 0. The molecule has 0 radical (unpaired) electrons. The molecule has 0 atom stereocenters. The van der Waals surface area contributed by atoms with E-state index in [4.69, 9.17) is 10.5 Å². The lowest BCUT2D eigenvalue weighted by Crippen LogP contribution is -2.25. The van der Waals surface area contributed by atoms with E-state index in [2.05, 4.69) is 16.0 Å². The number of nitrogens with two attached hydrogens (primary N) is 1. The molecular weight excluding hydrogens is 238 g/mol. The molecule has 2 aromatic rings. The van der Waals surface area contributed by atoms with Gasteiger partial charge in [0, 0.05) is 25.2 Å². The number of anilines is 1. The zero-order valence-electron chi connectivity index (χ0n) is 10.7. The number of pyridine rings is 1. The summed E-state index contributed by atoms with van der Waals surface area (Å²) < 4.78 is 5.75. The highest BCUT2D eigenvalue weighted by atomic mass is 16.5. The number of nitrogens with zero attached hydrogens (tertiary/aromatic N) is 2. The maximum absolute atomic E-state index is 5.75. The van der Waals surface area contributed by atoms with Gasteiger partial charge in [-0.25, -0.2) is 4.98 Å². The first-order valence-corrected chi connectivity index (χ1v) is 6.46. The minimum atomic E-state index is 0.573. The van der Waals surface area contributed by atoms with Gasteiger partial charge in [-0.15, -0.1) is 0 Å². The SMILES string of the molecule is Nc1cccc(CN2CCOc3ccccc3C2)n1. The van der Waals surface area contributed by atoms with Crippen molar-refractivity contribution < 1.29 is 4.74 Å². The van der Waals surface area contributed by atoms with Gasteiger partial charge in [0.2, 0.25) is 0 Å². The van der Waals surface area contributed by atoms with Crippen molar-refractivity contribution in [1.82, 2.24) is 9.88 Å². The van der Waals surface area contributed by atoms with Crippen LogP contribution in [0.25, 0.3) is 0 Å². The van der Waals surface area contributed by atoms with E-state index < -0.39 is 0 Å². The van der Waals surface area contributed by atoms with E-state index >= 15 is 0 Å². The van der Waals surface area contributed by atoms with Crippen LogP contribution in [0.2, 0.25) is 0 Å². The molecular formula is C15H17N3O. The fraction of sp³-hybridized carbons (Fsp3) is 0.267. The molecule has 0 unspecified atom stereocenters. The number of ether oxygens (including phenoxy) is 1. The van der Waals surface area contributed by atoms with Gasteiger partial charge in [-0.2, -0.15) is 0 Å². The van der Waals surface area contributed by atoms with Crippen LogP contribution in [0.1, 0.15) is 11.3 Å². The summed E-state index contributed by atoms with van der Waals surface area (Å²) in [6.45, 7) is 3.28. The zero-order valence-corrected chi connectivity index (χ0v) is 10.7.